The molecule has 2 unspecified atom stereocenters. The summed E-state index contributed by atoms with van der Waals surface area (Å²) in [6.45, 7) is 8.48. The van der Waals surface area contributed by atoms with E-state index in [0.717, 1.165) is 26.0 Å². The van der Waals surface area contributed by atoms with E-state index in [-0.39, 0.29) is 5.54 Å². The van der Waals surface area contributed by atoms with E-state index in [9.17, 15) is 0 Å². The highest BCUT2D eigenvalue weighted by Gasteiger charge is 2.36. The van der Waals surface area contributed by atoms with Gasteiger partial charge in [-0.1, -0.05) is 6.92 Å². The number of ether oxygens (including phenoxy) is 1. The summed E-state index contributed by atoms with van der Waals surface area (Å²) in [5.74, 6) is 0. The van der Waals surface area contributed by atoms with Crippen LogP contribution in [0, 0.1) is 0 Å². The molecule has 1 aliphatic heterocycles. The first-order valence-electron chi connectivity index (χ1n) is 6.08. The van der Waals surface area contributed by atoms with Crippen molar-refractivity contribution >= 4 is 11.3 Å². The summed E-state index contributed by atoms with van der Waals surface area (Å²) in [6, 6.07) is 4.47. The largest absolute Gasteiger partial charge is 0.377 e. The Labute approximate surface area is 102 Å². The highest BCUT2D eigenvalue weighted by molar-refractivity contribution is 7.11. The maximum absolute atomic E-state index is 5.62. The fraction of sp³-hybridized carbons (Fsp3) is 0.692. The van der Waals surface area contributed by atoms with Gasteiger partial charge in [-0.15, -0.1) is 11.3 Å². The van der Waals surface area contributed by atoms with Gasteiger partial charge in [0.15, 0.2) is 0 Å². The van der Waals surface area contributed by atoms with E-state index in [1.165, 1.54) is 9.75 Å². The van der Waals surface area contributed by atoms with Crippen molar-refractivity contribution in [3.05, 3.63) is 21.9 Å². The summed E-state index contributed by atoms with van der Waals surface area (Å²) < 4.78 is 5.62. The quantitative estimate of drug-likeness (QED) is 0.872. The topological polar surface area (TPSA) is 21.3 Å². The van der Waals surface area contributed by atoms with Crippen LogP contribution in [-0.4, -0.2) is 18.2 Å². The number of nitrogens with one attached hydrogen (secondary N) is 1. The van der Waals surface area contributed by atoms with Gasteiger partial charge in [0.25, 0.3) is 0 Å². The molecule has 0 aliphatic carbocycles. The van der Waals surface area contributed by atoms with E-state index < -0.39 is 0 Å². The number of aryl methyl sites for hydroxylation is 1. The van der Waals surface area contributed by atoms with Crippen molar-refractivity contribution in [3.8, 4) is 0 Å². The second-order valence-corrected chi connectivity index (χ2v) is 6.01. The second kappa shape index (κ2) is 4.86. The minimum absolute atomic E-state index is 0.149. The third-order valence-electron chi connectivity index (χ3n) is 3.62. The Morgan fingerprint density at radius 3 is 2.81 bits per heavy atom. The predicted molar refractivity (Wildman–Crippen MR) is 69.0 cm³/mol. The molecule has 0 spiro atoms. The summed E-state index contributed by atoms with van der Waals surface area (Å²) in [6.07, 6.45) is 2.57. The van der Waals surface area contributed by atoms with Crippen LogP contribution >= 0.6 is 11.3 Å². The van der Waals surface area contributed by atoms with Crippen LogP contribution in [0.25, 0.3) is 0 Å². The molecule has 0 radical (unpaired) electrons. The molecule has 1 aromatic rings. The highest BCUT2D eigenvalue weighted by Crippen LogP contribution is 2.26. The first kappa shape index (κ1) is 12.1. The molecule has 2 heterocycles. The van der Waals surface area contributed by atoms with E-state index in [4.69, 9.17) is 4.74 Å². The Bertz CT molecular complexity index is 349. The lowest BCUT2D eigenvalue weighted by Crippen LogP contribution is -2.47. The minimum Gasteiger partial charge on any atom is -0.377 e. The van der Waals surface area contributed by atoms with Crippen molar-refractivity contribution in [3.63, 3.8) is 0 Å². The van der Waals surface area contributed by atoms with Gasteiger partial charge < -0.3 is 10.1 Å². The molecule has 0 amide bonds. The average molecular weight is 239 g/mol. The van der Waals surface area contributed by atoms with Crippen LogP contribution in [0.4, 0.5) is 0 Å². The van der Waals surface area contributed by atoms with E-state index in [1.807, 2.05) is 11.3 Å². The van der Waals surface area contributed by atoms with Crippen molar-refractivity contribution in [2.45, 2.75) is 51.8 Å². The molecule has 0 saturated carbocycles. The first-order chi connectivity index (χ1) is 7.64. The molecule has 0 bridgehead atoms. The Hall–Kier alpha value is -0.380. The fourth-order valence-corrected chi connectivity index (χ4v) is 2.96. The molecule has 2 nitrogen and oxygen atoms in total. The van der Waals surface area contributed by atoms with Crippen molar-refractivity contribution in [2.75, 3.05) is 6.61 Å². The maximum Gasteiger partial charge on any atom is 0.0726 e. The Morgan fingerprint density at radius 1 is 1.50 bits per heavy atom. The van der Waals surface area contributed by atoms with Crippen LogP contribution in [0.5, 0.6) is 0 Å². The van der Waals surface area contributed by atoms with Gasteiger partial charge in [-0.05, 0) is 38.8 Å². The molecule has 2 atom stereocenters. The van der Waals surface area contributed by atoms with Crippen LogP contribution in [-0.2, 0) is 17.7 Å². The molecule has 90 valence electrons. The molecular weight excluding hydrogens is 218 g/mol. The zero-order chi connectivity index (χ0) is 11.6. The fourth-order valence-electron chi connectivity index (χ4n) is 2.06. The van der Waals surface area contributed by atoms with Crippen LogP contribution in [0.2, 0.25) is 0 Å². The van der Waals surface area contributed by atoms with Gasteiger partial charge in [-0.2, -0.15) is 0 Å². The van der Waals surface area contributed by atoms with Crippen molar-refractivity contribution in [2.24, 2.45) is 0 Å². The maximum atomic E-state index is 5.62. The molecule has 1 saturated heterocycles. The first-order valence-corrected chi connectivity index (χ1v) is 6.90. The molecule has 0 aromatic carbocycles. The third kappa shape index (κ3) is 2.47. The molecule has 1 fully saturated rings. The Kier molecular flexibility index (Phi) is 3.67. The van der Waals surface area contributed by atoms with Crippen LogP contribution < -0.4 is 5.32 Å². The standard InChI is InChI=1S/C13H21NOS/c1-4-11-5-6-12(16-11)9-14-13(3)7-8-15-10(13)2/h5-6,10,14H,4,7-9H2,1-3H3. The van der Waals surface area contributed by atoms with Crippen LogP contribution in [0.1, 0.15) is 36.9 Å². The lowest BCUT2D eigenvalue weighted by molar-refractivity contribution is 0.0882. The zero-order valence-corrected chi connectivity index (χ0v) is 11.2. The van der Waals surface area contributed by atoms with E-state index in [1.54, 1.807) is 0 Å². The Morgan fingerprint density at radius 2 is 2.25 bits per heavy atom. The summed E-state index contributed by atoms with van der Waals surface area (Å²) >= 11 is 1.91. The highest BCUT2D eigenvalue weighted by atomic mass is 32.1. The smallest absolute Gasteiger partial charge is 0.0726 e. The molecular formula is C13H21NOS. The summed E-state index contributed by atoms with van der Waals surface area (Å²) in [5, 5.41) is 3.65. The van der Waals surface area contributed by atoms with Gasteiger partial charge in [0, 0.05) is 28.4 Å². The van der Waals surface area contributed by atoms with Gasteiger partial charge in [0.2, 0.25) is 0 Å². The van der Waals surface area contributed by atoms with Crippen molar-refractivity contribution in [1.82, 2.24) is 5.32 Å². The van der Waals surface area contributed by atoms with Gasteiger partial charge in [0.05, 0.1) is 6.10 Å². The van der Waals surface area contributed by atoms with Gasteiger partial charge >= 0.3 is 0 Å². The van der Waals surface area contributed by atoms with Crippen LogP contribution in [0.15, 0.2) is 12.1 Å². The lowest BCUT2D eigenvalue weighted by atomic mass is 9.95. The van der Waals surface area contributed by atoms with Gasteiger partial charge in [-0.3, -0.25) is 0 Å². The molecule has 1 aliphatic rings. The molecule has 1 aromatic heterocycles. The van der Waals surface area contributed by atoms with Crippen LogP contribution in [0.3, 0.4) is 0 Å². The average Bonchev–Trinajstić information content (AvgIpc) is 2.85. The van der Waals surface area contributed by atoms with E-state index in [0.29, 0.717) is 6.10 Å². The minimum atomic E-state index is 0.149. The number of thiophene rings is 1. The molecule has 2 rings (SSSR count). The normalized spacial score (nSPS) is 29.8. The zero-order valence-electron chi connectivity index (χ0n) is 10.4. The lowest BCUT2D eigenvalue weighted by Gasteiger charge is -2.28. The Balaban J connectivity index is 1.91. The van der Waals surface area contributed by atoms with Crippen molar-refractivity contribution < 1.29 is 4.74 Å². The SMILES string of the molecule is CCc1ccc(CNC2(C)CCOC2C)s1. The third-order valence-corrected chi connectivity index (χ3v) is 4.85. The number of rotatable bonds is 4. The van der Waals surface area contributed by atoms with Crippen molar-refractivity contribution in [1.29, 1.82) is 0 Å². The molecule has 1 N–H and O–H groups in total. The van der Waals surface area contributed by atoms with Gasteiger partial charge in [0.1, 0.15) is 0 Å². The summed E-state index contributed by atoms with van der Waals surface area (Å²) in [4.78, 5) is 2.90. The number of hydrogen-bond donors (Lipinski definition) is 1. The molecule has 16 heavy (non-hydrogen) atoms. The van der Waals surface area contributed by atoms with E-state index >= 15 is 0 Å². The second-order valence-electron chi connectivity index (χ2n) is 4.76. The monoisotopic (exact) mass is 239 g/mol. The predicted octanol–water partition coefficient (Wildman–Crippen LogP) is 2.97. The molecule has 3 heteroatoms. The van der Waals surface area contributed by atoms with E-state index in [2.05, 4.69) is 38.2 Å². The summed E-state index contributed by atoms with van der Waals surface area (Å²) in [5.41, 5.74) is 0.149. The number of hydrogen-bond acceptors (Lipinski definition) is 3. The summed E-state index contributed by atoms with van der Waals surface area (Å²) in [7, 11) is 0. The van der Waals surface area contributed by atoms with Gasteiger partial charge in [-0.25, -0.2) is 0 Å².